The second kappa shape index (κ2) is 14.0. The molecule has 10 nitrogen and oxygen atoms in total. The van der Waals surface area contributed by atoms with E-state index in [4.69, 9.17) is 25.3 Å². The third-order valence-corrected chi connectivity index (χ3v) is 10.5. The summed E-state index contributed by atoms with van der Waals surface area (Å²) in [6.07, 6.45) is 2.09. The number of aromatic nitrogens is 3. The average Bonchev–Trinajstić information content (AvgIpc) is 3.78. The van der Waals surface area contributed by atoms with Crippen LogP contribution in [0.1, 0.15) is 42.8 Å². The highest BCUT2D eigenvalue weighted by Crippen LogP contribution is 2.48. The Morgan fingerprint density at radius 1 is 1.08 bits per heavy atom. The van der Waals surface area contributed by atoms with Crippen molar-refractivity contribution in [1.82, 2.24) is 24.6 Å². The van der Waals surface area contributed by atoms with Crippen LogP contribution in [0.15, 0.2) is 60.5 Å². The molecule has 0 spiro atoms. The topological polar surface area (TPSA) is 116 Å². The molecule has 0 radical (unpaired) electrons. The number of hydrogen-bond donors (Lipinski definition) is 1. The van der Waals surface area contributed by atoms with Gasteiger partial charge in [0.1, 0.15) is 35.4 Å². The number of hydrogen-bond acceptors (Lipinski definition) is 8. The summed E-state index contributed by atoms with van der Waals surface area (Å²) < 4.78 is 44.7. The van der Waals surface area contributed by atoms with Gasteiger partial charge in [-0.05, 0) is 61.1 Å². The highest BCUT2D eigenvalue weighted by molar-refractivity contribution is 7.18. The maximum Gasteiger partial charge on any atom is 0.246 e. The number of benzene rings is 2. The minimum atomic E-state index is -0.801. The average molecular weight is 713 g/mol. The lowest BCUT2D eigenvalue weighted by Gasteiger charge is -2.36. The lowest BCUT2D eigenvalue weighted by molar-refractivity contribution is -0.129. The molecule has 0 saturated heterocycles. The number of rotatable bonds is 10. The second-order valence-corrected chi connectivity index (χ2v) is 13.9. The Kier molecular flexibility index (Phi) is 9.44. The van der Waals surface area contributed by atoms with Crippen LogP contribution in [-0.4, -0.2) is 76.3 Å². The van der Waals surface area contributed by atoms with Gasteiger partial charge in [0, 0.05) is 60.1 Å². The third-order valence-electron chi connectivity index (χ3n) is 9.61. The predicted molar refractivity (Wildman–Crippen MR) is 192 cm³/mol. The summed E-state index contributed by atoms with van der Waals surface area (Å²) in [5, 5.41) is 7.73. The number of fused-ring (bicyclic) bond motifs is 3. The maximum absolute atomic E-state index is 16.2. The SMILES string of the molecule is C=CC(=O)N1C[C@H](C)n2nc(-c3nc(-c4ccc5c(c4)CN(CC(N)=O)CC5)c4ccsc4c3-c3c(F)cc(F)cc3OCCOC)cc2[C@H]1C. The van der Waals surface area contributed by atoms with E-state index in [0.717, 1.165) is 45.9 Å². The van der Waals surface area contributed by atoms with Gasteiger partial charge in [-0.1, -0.05) is 18.7 Å². The molecule has 2 amide bonds. The number of halogens is 2. The van der Waals surface area contributed by atoms with Crippen molar-refractivity contribution in [3.63, 3.8) is 0 Å². The lowest BCUT2D eigenvalue weighted by atomic mass is 9.93. The van der Waals surface area contributed by atoms with Crippen molar-refractivity contribution in [2.24, 2.45) is 5.73 Å². The molecule has 5 aromatic rings. The Labute approximate surface area is 298 Å². The molecule has 0 unspecified atom stereocenters. The maximum atomic E-state index is 16.2. The molecule has 7 rings (SSSR count). The normalized spacial score (nSPS) is 17.3. The van der Waals surface area contributed by atoms with Crippen molar-refractivity contribution in [3.05, 3.63) is 89.0 Å². The zero-order valence-corrected chi connectivity index (χ0v) is 29.4. The largest absolute Gasteiger partial charge is 0.490 e. The van der Waals surface area contributed by atoms with Gasteiger partial charge in [0.05, 0.1) is 42.2 Å². The first kappa shape index (κ1) is 34.5. The Morgan fingerprint density at radius 2 is 1.90 bits per heavy atom. The van der Waals surface area contributed by atoms with Crippen LogP contribution in [0.25, 0.3) is 43.9 Å². The molecule has 0 saturated carbocycles. The third kappa shape index (κ3) is 6.41. The van der Waals surface area contributed by atoms with E-state index in [-0.39, 0.29) is 55.0 Å². The standard InChI is InChI=1S/C38H38F2N6O4S/c1-5-33(48)45-18-21(2)46-30(22(45)3)17-29(43-46)37-35(34-28(40)15-26(39)16-31(34)50-12-11-49-4)38-27(9-13-51-38)36(42-37)24-7-6-23-8-10-44(20-32(41)47)19-25(23)14-24/h5-7,9,13-17,21-22H,1,8,10-12,18-20H2,2-4H3,(H2,41,47)/t21-,22+/m0/s1. The quantitative estimate of drug-likeness (QED) is 0.134. The molecule has 2 N–H and O–H groups in total. The van der Waals surface area contributed by atoms with Crippen molar-refractivity contribution in [2.45, 2.75) is 38.9 Å². The second-order valence-electron chi connectivity index (χ2n) is 13.0. The summed E-state index contributed by atoms with van der Waals surface area (Å²) in [5.74, 6) is -2.11. The van der Waals surface area contributed by atoms with Crippen molar-refractivity contribution in [3.8, 4) is 39.5 Å². The molecule has 2 atom stereocenters. The zero-order chi connectivity index (χ0) is 36.0. The molecule has 0 fully saturated rings. The molecule has 2 aliphatic rings. The molecule has 5 heterocycles. The van der Waals surface area contributed by atoms with Gasteiger partial charge < -0.3 is 20.1 Å². The minimum absolute atomic E-state index is 0.0202. The number of carbonyl (C=O) groups excluding carboxylic acids is 2. The van der Waals surface area contributed by atoms with Crippen LogP contribution in [0.2, 0.25) is 0 Å². The van der Waals surface area contributed by atoms with E-state index in [1.807, 2.05) is 47.0 Å². The summed E-state index contributed by atoms with van der Waals surface area (Å²) in [6, 6.07) is 11.6. The summed E-state index contributed by atoms with van der Waals surface area (Å²) in [7, 11) is 1.52. The first-order valence-electron chi connectivity index (χ1n) is 16.8. The monoisotopic (exact) mass is 712 g/mol. The molecule has 13 heteroatoms. The fourth-order valence-electron chi connectivity index (χ4n) is 7.19. The van der Waals surface area contributed by atoms with Gasteiger partial charge in [-0.15, -0.1) is 11.3 Å². The fraction of sp³-hybridized carbons (Fsp3) is 0.316. The molecule has 2 aromatic carbocycles. The van der Waals surface area contributed by atoms with Crippen LogP contribution in [-0.2, 0) is 27.3 Å². The van der Waals surface area contributed by atoms with E-state index < -0.39 is 11.6 Å². The van der Waals surface area contributed by atoms with Crippen LogP contribution >= 0.6 is 11.3 Å². The minimum Gasteiger partial charge on any atom is -0.490 e. The van der Waals surface area contributed by atoms with E-state index in [0.29, 0.717) is 35.7 Å². The number of nitrogens with two attached hydrogens (primary N) is 1. The lowest BCUT2D eigenvalue weighted by Crippen LogP contribution is -2.42. The van der Waals surface area contributed by atoms with Gasteiger partial charge in [0.25, 0.3) is 0 Å². The van der Waals surface area contributed by atoms with Gasteiger partial charge in [0.2, 0.25) is 11.8 Å². The van der Waals surface area contributed by atoms with Crippen molar-refractivity contribution >= 4 is 33.2 Å². The van der Waals surface area contributed by atoms with Crippen LogP contribution < -0.4 is 10.5 Å². The van der Waals surface area contributed by atoms with Gasteiger partial charge >= 0.3 is 0 Å². The predicted octanol–water partition coefficient (Wildman–Crippen LogP) is 6.29. The van der Waals surface area contributed by atoms with Crippen molar-refractivity contribution < 1.29 is 27.8 Å². The summed E-state index contributed by atoms with van der Waals surface area (Å²) in [6.45, 7) is 9.78. The zero-order valence-electron chi connectivity index (χ0n) is 28.6. The number of thiophene rings is 1. The van der Waals surface area contributed by atoms with E-state index in [1.165, 1.54) is 36.2 Å². The Hall–Kier alpha value is -4.98. The van der Waals surface area contributed by atoms with Gasteiger partial charge in [-0.2, -0.15) is 5.10 Å². The first-order chi connectivity index (χ1) is 24.6. The van der Waals surface area contributed by atoms with Crippen LogP contribution in [0.5, 0.6) is 5.75 Å². The highest BCUT2D eigenvalue weighted by atomic mass is 32.1. The summed E-state index contributed by atoms with van der Waals surface area (Å²) in [4.78, 5) is 33.6. The Morgan fingerprint density at radius 3 is 2.67 bits per heavy atom. The van der Waals surface area contributed by atoms with Crippen molar-refractivity contribution in [1.29, 1.82) is 0 Å². The van der Waals surface area contributed by atoms with Crippen LogP contribution in [0.4, 0.5) is 8.78 Å². The van der Waals surface area contributed by atoms with Crippen LogP contribution in [0, 0.1) is 11.6 Å². The molecule has 264 valence electrons. The molecule has 51 heavy (non-hydrogen) atoms. The van der Waals surface area contributed by atoms with E-state index in [2.05, 4.69) is 18.7 Å². The number of methoxy groups -OCH3 is 1. The van der Waals surface area contributed by atoms with E-state index >= 15 is 4.39 Å². The van der Waals surface area contributed by atoms with Gasteiger partial charge in [-0.25, -0.2) is 13.8 Å². The highest BCUT2D eigenvalue weighted by Gasteiger charge is 2.34. The van der Waals surface area contributed by atoms with E-state index in [1.54, 1.807) is 4.90 Å². The Bertz CT molecular complexity index is 2180. The number of nitrogens with zero attached hydrogens (tertiary/aromatic N) is 5. The molecule has 0 bridgehead atoms. The molecular formula is C38H38F2N6O4S. The Balaban J connectivity index is 1.46. The molecule has 2 aliphatic heterocycles. The number of pyridine rings is 1. The smallest absolute Gasteiger partial charge is 0.246 e. The fourth-order valence-corrected chi connectivity index (χ4v) is 8.14. The van der Waals surface area contributed by atoms with E-state index in [9.17, 15) is 14.0 Å². The number of ether oxygens (including phenoxy) is 2. The summed E-state index contributed by atoms with van der Waals surface area (Å²) in [5.41, 5.74) is 11.4. The van der Waals surface area contributed by atoms with Gasteiger partial charge in [0.15, 0.2) is 0 Å². The first-order valence-corrected chi connectivity index (χ1v) is 17.6. The summed E-state index contributed by atoms with van der Waals surface area (Å²) >= 11 is 1.42. The molecule has 0 aliphatic carbocycles. The van der Waals surface area contributed by atoms with Crippen molar-refractivity contribution in [2.75, 3.05) is 40.0 Å². The molecular weight excluding hydrogens is 675 g/mol. The number of amides is 2. The number of carbonyl (C=O) groups is 2. The molecule has 3 aromatic heterocycles. The van der Waals surface area contributed by atoms with Crippen LogP contribution in [0.3, 0.4) is 0 Å². The number of primary amides is 1. The van der Waals surface area contributed by atoms with Gasteiger partial charge in [-0.3, -0.25) is 19.2 Å².